The Labute approximate surface area is 145 Å². The quantitative estimate of drug-likeness (QED) is 0.270. The lowest BCUT2D eigenvalue weighted by Gasteiger charge is -2.03. The smallest absolute Gasteiger partial charge is 0.0873 e. The summed E-state index contributed by atoms with van der Waals surface area (Å²) in [5, 5.41) is 15.2. The fourth-order valence-corrected chi connectivity index (χ4v) is 2.46. The van der Waals surface area contributed by atoms with Gasteiger partial charge in [0.2, 0.25) is 0 Å². The summed E-state index contributed by atoms with van der Waals surface area (Å²) < 4.78 is 5.10. The molecule has 0 fully saturated rings. The topological polar surface area (TPSA) is 49.7 Å². The van der Waals surface area contributed by atoms with E-state index in [9.17, 15) is 0 Å². The van der Waals surface area contributed by atoms with Gasteiger partial charge in [0.15, 0.2) is 0 Å². The van der Waals surface area contributed by atoms with Crippen molar-refractivity contribution in [3.05, 3.63) is 12.8 Å². The number of rotatable bonds is 17. The molecule has 0 spiro atoms. The Balaban J connectivity index is 0. The molecule has 0 atom stereocenters. The molecule has 23 heavy (non-hydrogen) atoms. The van der Waals surface area contributed by atoms with Gasteiger partial charge in [-0.2, -0.15) is 0 Å². The largest absolute Gasteiger partial charge is 0.502 e. The summed E-state index contributed by atoms with van der Waals surface area (Å²) >= 11 is 0. The number of aliphatic hydroxyl groups excluding tert-OH is 2. The van der Waals surface area contributed by atoms with Crippen LogP contribution in [0.3, 0.4) is 0 Å². The third-order valence-electron chi connectivity index (χ3n) is 3.83. The van der Waals surface area contributed by atoms with Gasteiger partial charge in [0.1, 0.15) is 0 Å². The predicted octanol–water partition coefficient (Wildman–Crippen LogP) is 5.60. The van der Waals surface area contributed by atoms with Gasteiger partial charge in [-0.15, -0.1) is 0 Å². The minimum atomic E-state index is -0.125. The molecule has 0 bridgehead atoms. The molecule has 3 nitrogen and oxygen atoms in total. The maximum absolute atomic E-state index is 7.62. The Kier molecular flexibility index (Phi) is 28.3. The monoisotopic (exact) mass is 330 g/mol. The van der Waals surface area contributed by atoms with Crippen molar-refractivity contribution in [3.8, 4) is 0 Å². The molecule has 0 unspecified atom stereocenters. The highest BCUT2D eigenvalue weighted by atomic mass is 16.5. The van der Waals surface area contributed by atoms with Gasteiger partial charge in [-0.3, -0.25) is 0 Å². The van der Waals surface area contributed by atoms with E-state index in [1.807, 2.05) is 0 Å². The van der Waals surface area contributed by atoms with E-state index >= 15 is 0 Å². The van der Waals surface area contributed by atoms with Crippen molar-refractivity contribution in [1.82, 2.24) is 0 Å². The van der Waals surface area contributed by atoms with Crippen LogP contribution < -0.4 is 0 Å². The second-order valence-electron chi connectivity index (χ2n) is 6.08. The van der Waals surface area contributed by atoms with Gasteiger partial charge in [0.05, 0.1) is 26.1 Å². The Morgan fingerprint density at radius 1 is 0.652 bits per heavy atom. The molecule has 0 aromatic heterocycles. The minimum absolute atomic E-state index is 0.125. The molecule has 0 radical (unpaired) electrons. The van der Waals surface area contributed by atoms with E-state index in [1.54, 1.807) is 6.26 Å². The zero-order chi connectivity index (χ0) is 17.4. The second kappa shape index (κ2) is 26.4. The molecule has 0 aliphatic heterocycles. The standard InChI is InChI=1S/C18H36O.C2H6O2/c1-3-5-6-7-8-9-10-11-12-13-14-15-16-17-18-19-4-2;3-1-2-4/h4H,2-3,5-18H2,1H3;3-4H,1-2H2. The Morgan fingerprint density at radius 2 is 1.00 bits per heavy atom. The fourth-order valence-electron chi connectivity index (χ4n) is 2.46. The van der Waals surface area contributed by atoms with Crippen LogP contribution in [-0.2, 0) is 4.74 Å². The number of ether oxygens (including phenoxy) is 1. The number of hydrogen-bond donors (Lipinski definition) is 2. The van der Waals surface area contributed by atoms with Crippen LogP contribution in [0.1, 0.15) is 96.8 Å². The SMILES string of the molecule is C=COCCCCCCCCCCCCCCCC.OCCO. The average molecular weight is 331 g/mol. The van der Waals surface area contributed by atoms with Crippen molar-refractivity contribution in [2.24, 2.45) is 0 Å². The first kappa shape index (κ1) is 24.7. The lowest BCUT2D eigenvalue weighted by Crippen LogP contribution is -1.87. The summed E-state index contributed by atoms with van der Waals surface area (Å²) in [4.78, 5) is 0. The zero-order valence-corrected chi connectivity index (χ0v) is 15.6. The van der Waals surface area contributed by atoms with Crippen molar-refractivity contribution in [2.75, 3.05) is 19.8 Å². The van der Waals surface area contributed by atoms with Crippen LogP contribution >= 0.6 is 0 Å². The summed E-state index contributed by atoms with van der Waals surface area (Å²) in [6, 6.07) is 0. The Hall–Kier alpha value is -0.540. The molecule has 2 N–H and O–H groups in total. The van der Waals surface area contributed by atoms with Gasteiger partial charge in [0, 0.05) is 0 Å². The predicted molar refractivity (Wildman–Crippen MR) is 101 cm³/mol. The maximum Gasteiger partial charge on any atom is 0.0873 e. The average Bonchev–Trinajstić information content (AvgIpc) is 2.58. The first-order valence-electron chi connectivity index (χ1n) is 9.77. The molecule has 0 saturated heterocycles. The van der Waals surface area contributed by atoms with Crippen molar-refractivity contribution in [3.63, 3.8) is 0 Å². The van der Waals surface area contributed by atoms with Crippen molar-refractivity contribution >= 4 is 0 Å². The molecule has 0 heterocycles. The van der Waals surface area contributed by atoms with E-state index in [0.717, 1.165) is 6.61 Å². The summed E-state index contributed by atoms with van der Waals surface area (Å²) in [5.41, 5.74) is 0. The Bertz CT molecular complexity index is 193. The third-order valence-corrected chi connectivity index (χ3v) is 3.83. The summed E-state index contributed by atoms with van der Waals surface area (Å²) in [6.45, 7) is 6.42. The molecular weight excluding hydrogens is 288 g/mol. The van der Waals surface area contributed by atoms with E-state index in [0.29, 0.717) is 0 Å². The molecule has 0 saturated carbocycles. The van der Waals surface area contributed by atoms with Crippen molar-refractivity contribution in [1.29, 1.82) is 0 Å². The molecule has 140 valence electrons. The molecule has 0 rings (SSSR count). The first-order valence-corrected chi connectivity index (χ1v) is 9.77. The highest BCUT2D eigenvalue weighted by Gasteiger charge is 1.93. The molecule has 3 heteroatoms. The highest BCUT2D eigenvalue weighted by molar-refractivity contribution is 4.51. The van der Waals surface area contributed by atoms with Gasteiger partial charge in [-0.05, 0) is 6.42 Å². The van der Waals surface area contributed by atoms with Crippen LogP contribution in [0.15, 0.2) is 12.8 Å². The molecule has 0 aliphatic carbocycles. The van der Waals surface area contributed by atoms with Gasteiger partial charge >= 0.3 is 0 Å². The molecule has 0 aromatic carbocycles. The van der Waals surface area contributed by atoms with Crippen LogP contribution in [0, 0.1) is 0 Å². The molecule has 0 aliphatic rings. The fraction of sp³-hybridized carbons (Fsp3) is 0.900. The van der Waals surface area contributed by atoms with Crippen LogP contribution in [0.4, 0.5) is 0 Å². The minimum Gasteiger partial charge on any atom is -0.502 e. The molecular formula is C20H42O3. The third kappa shape index (κ3) is 30.0. The van der Waals surface area contributed by atoms with Crippen molar-refractivity contribution < 1.29 is 14.9 Å². The summed E-state index contributed by atoms with van der Waals surface area (Å²) in [7, 11) is 0. The van der Waals surface area contributed by atoms with Gasteiger partial charge < -0.3 is 14.9 Å². The van der Waals surface area contributed by atoms with Crippen LogP contribution in [0.25, 0.3) is 0 Å². The van der Waals surface area contributed by atoms with E-state index < -0.39 is 0 Å². The molecule has 0 aromatic rings. The second-order valence-corrected chi connectivity index (χ2v) is 6.08. The normalized spacial score (nSPS) is 10.0. The van der Waals surface area contributed by atoms with Gasteiger partial charge in [-0.1, -0.05) is 97.0 Å². The lowest BCUT2D eigenvalue weighted by atomic mass is 10.0. The highest BCUT2D eigenvalue weighted by Crippen LogP contribution is 2.12. The molecule has 0 amide bonds. The van der Waals surface area contributed by atoms with Gasteiger partial charge in [-0.25, -0.2) is 0 Å². The van der Waals surface area contributed by atoms with E-state index in [4.69, 9.17) is 14.9 Å². The van der Waals surface area contributed by atoms with Crippen LogP contribution in [0.2, 0.25) is 0 Å². The van der Waals surface area contributed by atoms with Gasteiger partial charge in [0.25, 0.3) is 0 Å². The van der Waals surface area contributed by atoms with E-state index in [-0.39, 0.29) is 13.2 Å². The van der Waals surface area contributed by atoms with Crippen LogP contribution in [0.5, 0.6) is 0 Å². The van der Waals surface area contributed by atoms with E-state index in [1.165, 1.54) is 89.9 Å². The lowest BCUT2D eigenvalue weighted by molar-refractivity contribution is 0.186. The Morgan fingerprint density at radius 3 is 1.30 bits per heavy atom. The summed E-state index contributed by atoms with van der Waals surface area (Å²) in [5.74, 6) is 0. The maximum atomic E-state index is 7.62. The first-order chi connectivity index (χ1) is 11.3. The zero-order valence-electron chi connectivity index (χ0n) is 15.6. The van der Waals surface area contributed by atoms with Crippen molar-refractivity contribution in [2.45, 2.75) is 96.8 Å². The van der Waals surface area contributed by atoms with Crippen LogP contribution in [-0.4, -0.2) is 30.0 Å². The summed E-state index contributed by atoms with van der Waals surface area (Å²) in [6.07, 6.45) is 21.2. The number of unbranched alkanes of at least 4 members (excludes halogenated alkanes) is 13. The number of hydrogen-bond acceptors (Lipinski definition) is 3. The number of aliphatic hydroxyl groups is 2. The van der Waals surface area contributed by atoms with E-state index in [2.05, 4.69) is 13.5 Å².